The molecule has 2 N–H and O–H groups in total. The third-order valence-corrected chi connectivity index (χ3v) is 3.70. The van der Waals surface area contributed by atoms with Gasteiger partial charge in [-0.3, -0.25) is 9.89 Å². The molecule has 2 aromatic heterocycles. The van der Waals surface area contributed by atoms with Gasteiger partial charge in [-0.15, -0.1) is 0 Å². The number of hydrogen-bond donors (Lipinski definition) is 2. The molecule has 0 aliphatic carbocycles. The Morgan fingerprint density at radius 3 is 2.88 bits per heavy atom. The van der Waals surface area contributed by atoms with Gasteiger partial charge in [-0.1, -0.05) is 6.07 Å². The summed E-state index contributed by atoms with van der Waals surface area (Å²) < 4.78 is 10.8. The van der Waals surface area contributed by atoms with Gasteiger partial charge in [-0.2, -0.15) is 5.10 Å². The van der Waals surface area contributed by atoms with E-state index in [2.05, 4.69) is 25.5 Å². The molecule has 1 atom stereocenters. The van der Waals surface area contributed by atoms with Gasteiger partial charge in [0.05, 0.1) is 24.5 Å². The Morgan fingerprint density at radius 2 is 2.12 bits per heavy atom. The number of aromatic nitrogens is 4. The van der Waals surface area contributed by atoms with Crippen LogP contribution in [0.3, 0.4) is 0 Å². The molecule has 1 amide bonds. The number of carbonyl (C=O) groups is 1. The molecule has 3 rings (SSSR count). The van der Waals surface area contributed by atoms with E-state index in [0.29, 0.717) is 17.2 Å². The van der Waals surface area contributed by atoms with Crippen molar-refractivity contribution < 1.29 is 14.3 Å². The number of rotatable bonds is 7. The molecule has 8 nitrogen and oxygen atoms in total. The van der Waals surface area contributed by atoms with Gasteiger partial charge in [0.2, 0.25) is 0 Å². The maximum atomic E-state index is 12.3. The van der Waals surface area contributed by atoms with Crippen molar-refractivity contribution in [2.24, 2.45) is 0 Å². The summed E-state index contributed by atoms with van der Waals surface area (Å²) in [6.45, 7) is 2.11. The molecule has 0 saturated heterocycles. The largest absolute Gasteiger partial charge is 0.497 e. The molecule has 0 bridgehead atoms. The topological polar surface area (TPSA) is 102 Å². The highest BCUT2D eigenvalue weighted by Gasteiger charge is 2.15. The summed E-state index contributed by atoms with van der Waals surface area (Å²) in [5.41, 5.74) is 1.70. The second-order valence-electron chi connectivity index (χ2n) is 5.58. The number of ether oxygens (including phenoxy) is 2. The lowest BCUT2D eigenvalue weighted by Gasteiger charge is -2.11. The van der Waals surface area contributed by atoms with E-state index in [4.69, 9.17) is 9.47 Å². The number of aromatic amines is 1. The van der Waals surface area contributed by atoms with Gasteiger partial charge in [0.15, 0.2) is 0 Å². The molecule has 0 aliphatic heterocycles. The zero-order valence-corrected chi connectivity index (χ0v) is 14.5. The Morgan fingerprint density at radius 1 is 1.27 bits per heavy atom. The van der Waals surface area contributed by atoms with E-state index in [9.17, 15) is 4.79 Å². The van der Waals surface area contributed by atoms with Crippen molar-refractivity contribution in [1.82, 2.24) is 25.5 Å². The molecule has 3 aromatic rings. The molecule has 1 aromatic carbocycles. The van der Waals surface area contributed by atoms with Gasteiger partial charge in [0.1, 0.15) is 30.1 Å². The summed E-state index contributed by atoms with van der Waals surface area (Å²) in [6.07, 6.45) is 3.08. The predicted octanol–water partition coefficient (Wildman–Crippen LogP) is 2.28. The van der Waals surface area contributed by atoms with Crippen LogP contribution in [0, 0.1) is 0 Å². The fourth-order valence-electron chi connectivity index (χ4n) is 2.31. The fourth-order valence-corrected chi connectivity index (χ4v) is 2.31. The van der Waals surface area contributed by atoms with E-state index >= 15 is 0 Å². The first-order chi connectivity index (χ1) is 12.7. The van der Waals surface area contributed by atoms with E-state index in [-0.39, 0.29) is 24.2 Å². The normalized spacial score (nSPS) is 11.6. The lowest BCUT2D eigenvalue weighted by molar-refractivity contribution is 0.0934. The Hall–Kier alpha value is -3.42. The highest BCUT2D eigenvalue weighted by atomic mass is 16.5. The van der Waals surface area contributed by atoms with Crippen LogP contribution >= 0.6 is 0 Å². The third-order valence-electron chi connectivity index (χ3n) is 3.70. The molecule has 0 fully saturated rings. The van der Waals surface area contributed by atoms with Crippen molar-refractivity contribution in [3.8, 4) is 11.5 Å². The second kappa shape index (κ2) is 8.11. The molecule has 0 aliphatic rings. The monoisotopic (exact) mass is 353 g/mol. The van der Waals surface area contributed by atoms with Crippen molar-refractivity contribution in [1.29, 1.82) is 0 Å². The quantitative estimate of drug-likeness (QED) is 0.676. The minimum absolute atomic E-state index is 0.251. The van der Waals surface area contributed by atoms with Crippen LogP contribution in [0.15, 0.2) is 48.9 Å². The average Bonchev–Trinajstić information content (AvgIpc) is 3.16. The van der Waals surface area contributed by atoms with Crippen molar-refractivity contribution in [3.05, 3.63) is 66.0 Å². The maximum Gasteiger partial charge on any atom is 0.272 e. The third kappa shape index (κ3) is 4.35. The van der Waals surface area contributed by atoms with Crippen LogP contribution < -0.4 is 14.8 Å². The van der Waals surface area contributed by atoms with E-state index in [1.807, 2.05) is 25.1 Å². The van der Waals surface area contributed by atoms with Crippen LogP contribution in [0.1, 0.15) is 34.8 Å². The molecule has 134 valence electrons. The molecule has 0 spiro atoms. The number of H-pyrrole nitrogens is 1. The zero-order valence-electron chi connectivity index (χ0n) is 14.5. The standard InChI is InChI=1S/C18H19N5O3/c1-12(16-6-7-19-11-20-16)21-18(24)17-8-13(22-23-17)10-26-15-5-3-4-14(9-15)25-2/h3-9,11-12H,10H2,1-2H3,(H,21,24)(H,22,23)/t12-/m1/s1. The minimum Gasteiger partial charge on any atom is -0.497 e. The number of amides is 1. The molecule has 2 heterocycles. The first kappa shape index (κ1) is 17.4. The molecule has 26 heavy (non-hydrogen) atoms. The number of methoxy groups -OCH3 is 1. The Kier molecular flexibility index (Phi) is 5.43. The first-order valence-corrected chi connectivity index (χ1v) is 8.03. The summed E-state index contributed by atoms with van der Waals surface area (Å²) in [7, 11) is 1.60. The first-order valence-electron chi connectivity index (χ1n) is 8.03. The Labute approximate surface area is 150 Å². The van der Waals surface area contributed by atoms with E-state index in [1.165, 1.54) is 6.33 Å². The number of benzene rings is 1. The van der Waals surface area contributed by atoms with Crippen molar-refractivity contribution in [3.63, 3.8) is 0 Å². The van der Waals surface area contributed by atoms with E-state index < -0.39 is 0 Å². The highest BCUT2D eigenvalue weighted by molar-refractivity contribution is 5.92. The van der Waals surface area contributed by atoms with E-state index in [0.717, 1.165) is 5.69 Å². The smallest absolute Gasteiger partial charge is 0.272 e. The molecule has 0 unspecified atom stereocenters. The van der Waals surface area contributed by atoms with Gasteiger partial charge in [-0.05, 0) is 31.2 Å². The average molecular weight is 353 g/mol. The Bertz CT molecular complexity index is 866. The number of nitrogens with zero attached hydrogens (tertiary/aromatic N) is 3. The number of nitrogens with one attached hydrogen (secondary N) is 2. The molecular formula is C18H19N5O3. The van der Waals surface area contributed by atoms with Crippen LogP contribution in [0.5, 0.6) is 11.5 Å². The van der Waals surface area contributed by atoms with Crippen molar-refractivity contribution in [2.75, 3.05) is 7.11 Å². The van der Waals surface area contributed by atoms with Crippen LogP contribution in [0.4, 0.5) is 0 Å². The number of carbonyl (C=O) groups excluding carboxylic acids is 1. The summed E-state index contributed by atoms with van der Waals surface area (Å²) >= 11 is 0. The molecule has 8 heteroatoms. The molecule has 0 saturated carbocycles. The number of hydrogen-bond acceptors (Lipinski definition) is 6. The summed E-state index contributed by atoms with van der Waals surface area (Å²) in [5, 5.41) is 9.69. The van der Waals surface area contributed by atoms with Crippen molar-refractivity contribution >= 4 is 5.91 Å². The Balaban J connectivity index is 1.57. The van der Waals surface area contributed by atoms with Crippen LogP contribution in [-0.4, -0.2) is 33.2 Å². The molecule has 0 radical (unpaired) electrons. The zero-order chi connectivity index (χ0) is 18.4. The maximum absolute atomic E-state index is 12.3. The predicted molar refractivity (Wildman–Crippen MR) is 93.8 cm³/mol. The van der Waals surface area contributed by atoms with Gasteiger partial charge in [0.25, 0.3) is 5.91 Å². The van der Waals surface area contributed by atoms with Gasteiger partial charge < -0.3 is 14.8 Å². The van der Waals surface area contributed by atoms with Crippen molar-refractivity contribution in [2.45, 2.75) is 19.6 Å². The minimum atomic E-state index is -0.292. The lowest BCUT2D eigenvalue weighted by Crippen LogP contribution is -2.27. The summed E-state index contributed by atoms with van der Waals surface area (Å²) in [5.74, 6) is 1.09. The molecular weight excluding hydrogens is 334 g/mol. The fraction of sp³-hybridized carbons (Fsp3) is 0.222. The van der Waals surface area contributed by atoms with Crippen LogP contribution in [0.2, 0.25) is 0 Å². The van der Waals surface area contributed by atoms with E-state index in [1.54, 1.807) is 31.5 Å². The van der Waals surface area contributed by atoms with Gasteiger partial charge in [-0.25, -0.2) is 9.97 Å². The second-order valence-corrected chi connectivity index (χ2v) is 5.58. The van der Waals surface area contributed by atoms with Gasteiger partial charge in [0, 0.05) is 12.3 Å². The van der Waals surface area contributed by atoms with Gasteiger partial charge >= 0.3 is 0 Å². The highest BCUT2D eigenvalue weighted by Crippen LogP contribution is 2.19. The summed E-state index contributed by atoms with van der Waals surface area (Å²) in [4.78, 5) is 20.3. The summed E-state index contributed by atoms with van der Waals surface area (Å²) in [6, 6.07) is 10.5. The SMILES string of the molecule is COc1cccc(OCc2cc(C(=O)N[C@H](C)c3ccncn3)n[nH]2)c1. The van der Waals surface area contributed by atoms with Crippen LogP contribution in [0.25, 0.3) is 0 Å². The van der Waals surface area contributed by atoms with Crippen LogP contribution in [-0.2, 0) is 6.61 Å². The lowest BCUT2D eigenvalue weighted by atomic mass is 10.2.